The fourth-order valence-corrected chi connectivity index (χ4v) is 2.97. The van der Waals surface area contributed by atoms with Crippen molar-refractivity contribution in [1.29, 1.82) is 0 Å². The quantitative estimate of drug-likeness (QED) is 0.670. The molecule has 110 valence electrons. The first-order valence-electron chi connectivity index (χ1n) is 6.86. The molecule has 0 bridgehead atoms. The molecule has 5 nitrogen and oxygen atoms in total. The van der Waals surface area contributed by atoms with Gasteiger partial charge in [-0.2, -0.15) is 0 Å². The molecule has 1 saturated heterocycles. The van der Waals surface area contributed by atoms with Crippen LogP contribution in [0, 0.1) is 16.0 Å². The number of benzene rings is 1. The number of aliphatic hydroxyl groups is 1. The molecule has 1 aromatic carbocycles. The first-order valence-corrected chi connectivity index (χ1v) is 7.24. The van der Waals surface area contributed by atoms with Crippen LogP contribution < -0.4 is 0 Å². The van der Waals surface area contributed by atoms with Crippen LogP contribution in [0.25, 0.3) is 0 Å². The molecular weight excluding hydrogens is 280 g/mol. The van der Waals surface area contributed by atoms with Crippen molar-refractivity contribution in [3.63, 3.8) is 0 Å². The van der Waals surface area contributed by atoms with E-state index in [0.29, 0.717) is 17.5 Å². The number of hydrogen-bond donors (Lipinski definition) is 1. The van der Waals surface area contributed by atoms with Crippen LogP contribution in [-0.4, -0.2) is 34.6 Å². The zero-order valence-corrected chi connectivity index (χ0v) is 12.1. The molecule has 20 heavy (non-hydrogen) atoms. The minimum atomic E-state index is -0.437. The Morgan fingerprint density at radius 3 is 2.95 bits per heavy atom. The molecule has 0 radical (unpaired) electrons. The second kappa shape index (κ2) is 7.02. The third-order valence-corrected chi connectivity index (χ3v) is 4.13. The van der Waals surface area contributed by atoms with Crippen LogP contribution >= 0.6 is 11.6 Å². The van der Waals surface area contributed by atoms with Gasteiger partial charge in [-0.1, -0.05) is 11.6 Å². The molecule has 1 aliphatic heterocycles. The molecule has 0 spiro atoms. The predicted molar refractivity (Wildman–Crippen MR) is 77.8 cm³/mol. The van der Waals surface area contributed by atoms with Gasteiger partial charge in [-0.15, -0.1) is 0 Å². The van der Waals surface area contributed by atoms with Crippen LogP contribution in [-0.2, 0) is 6.54 Å². The Morgan fingerprint density at radius 2 is 2.30 bits per heavy atom. The number of aliphatic hydroxyl groups excluding tert-OH is 1. The summed E-state index contributed by atoms with van der Waals surface area (Å²) in [5.41, 5.74) is 0.942. The van der Waals surface area contributed by atoms with Gasteiger partial charge in [-0.05, 0) is 43.4 Å². The molecule has 1 aliphatic rings. The highest BCUT2D eigenvalue weighted by Gasteiger charge is 2.20. The average Bonchev–Trinajstić information content (AvgIpc) is 2.42. The van der Waals surface area contributed by atoms with Gasteiger partial charge in [-0.3, -0.25) is 15.0 Å². The SMILES string of the molecule is O=[N+]([O-])c1ccc(CN2CCCC(CCO)C2)c(Cl)c1. The summed E-state index contributed by atoms with van der Waals surface area (Å²) >= 11 is 6.12. The Hall–Kier alpha value is -1.17. The third kappa shape index (κ3) is 3.91. The minimum absolute atomic E-state index is 0.0237. The number of likely N-dealkylation sites (tertiary alicyclic amines) is 1. The maximum absolute atomic E-state index is 10.7. The molecule has 1 fully saturated rings. The van der Waals surface area contributed by atoms with Crippen LogP contribution in [0.15, 0.2) is 18.2 Å². The van der Waals surface area contributed by atoms with Gasteiger partial charge in [0.2, 0.25) is 0 Å². The Bertz CT molecular complexity index is 479. The van der Waals surface area contributed by atoms with Crippen molar-refractivity contribution < 1.29 is 10.0 Å². The highest BCUT2D eigenvalue weighted by molar-refractivity contribution is 6.31. The van der Waals surface area contributed by atoms with Gasteiger partial charge in [0, 0.05) is 31.8 Å². The van der Waals surface area contributed by atoms with E-state index in [1.54, 1.807) is 6.07 Å². The number of halogens is 1. The Labute approximate surface area is 123 Å². The molecule has 0 saturated carbocycles. The molecular formula is C14H19ClN2O3. The van der Waals surface area contributed by atoms with Crippen LogP contribution in [0.5, 0.6) is 0 Å². The zero-order valence-electron chi connectivity index (χ0n) is 11.3. The van der Waals surface area contributed by atoms with E-state index in [9.17, 15) is 10.1 Å². The zero-order chi connectivity index (χ0) is 14.5. The van der Waals surface area contributed by atoms with Crippen molar-refractivity contribution >= 4 is 17.3 Å². The van der Waals surface area contributed by atoms with Crippen molar-refractivity contribution in [3.05, 3.63) is 38.9 Å². The second-order valence-electron chi connectivity index (χ2n) is 5.29. The summed E-state index contributed by atoms with van der Waals surface area (Å²) in [4.78, 5) is 12.5. The van der Waals surface area contributed by atoms with E-state index in [-0.39, 0.29) is 12.3 Å². The van der Waals surface area contributed by atoms with E-state index in [1.807, 2.05) is 0 Å². The van der Waals surface area contributed by atoms with Crippen molar-refractivity contribution in [2.24, 2.45) is 5.92 Å². The van der Waals surface area contributed by atoms with Crippen LogP contribution in [0.1, 0.15) is 24.8 Å². The summed E-state index contributed by atoms with van der Waals surface area (Å²) in [6, 6.07) is 4.64. The molecule has 1 heterocycles. The number of hydrogen-bond acceptors (Lipinski definition) is 4. The van der Waals surface area contributed by atoms with E-state index < -0.39 is 4.92 Å². The number of rotatable bonds is 5. The van der Waals surface area contributed by atoms with E-state index >= 15 is 0 Å². The van der Waals surface area contributed by atoms with Gasteiger partial charge in [0.15, 0.2) is 0 Å². The second-order valence-corrected chi connectivity index (χ2v) is 5.70. The first kappa shape index (κ1) is 15.2. The number of nitro groups is 1. The molecule has 1 aromatic rings. The van der Waals surface area contributed by atoms with Crippen molar-refractivity contribution in [1.82, 2.24) is 4.90 Å². The summed E-state index contributed by atoms with van der Waals surface area (Å²) < 4.78 is 0. The number of nitro benzene ring substituents is 1. The fourth-order valence-electron chi connectivity index (χ4n) is 2.73. The molecule has 1 atom stereocenters. The lowest BCUT2D eigenvalue weighted by molar-refractivity contribution is -0.384. The molecule has 2 rings (SSSR count). The highest BCUT2D eigenvalue weighted by atomic mass is 35.5. The van der Waals surface area contributed by atoms with E-state index in [2.05, 4.69) is 4.90 Å². The summed E-state index contributed by atoms with van der Waals surface area (Å²) in [6.45, 7) is 2.90. The molecule has 0 amide bonds. The van der Waals surface area contributed by atoms with Gasteiger partial charge in [-0.25, -0.2) is 0 Å². The number of nitrogens with zero attached hydrogens (tertiary/aromatic N) is 2. The lowest BCUT2D eigenvalue weighted by Gasteiger charge is -2.32. The molecule has 0 aromatic heterocycles. The summed E-state index contributed by atoms with van der Waals surface area (Å²) in [5.74, 6) is 0.533. The summed E-state index contributed by atoms with van der Waals surface area (Å²) in [5, 5.41) is 20.1. The van der Waals surface area contributed by atoms with E-state index in [0.717, 1.165) is 37.9 Å². The van der Waals surface area contributed by atoms with Gasteiger partial charge in [0.25, 0.3) is 5.69 Å². The van der Waals surface area contributed by atoms with Gasteiger partial charge < -0.3 is 5.11 Å². The standard InChI is InChI=1S/C14H19ClN2O3/c15-14-8-13(17(19)20)4-3-12(14)10-16-6-1-2-11(9-16)5-7-18/h3-4,8,11,18H,1-2,5-7,9-10H2. The monoisotopic (exact) mass is 298 g/mol. The summed E-state index contributed by atoms with van der Waals surface area (Å²) in [7, 11) is 0. The normalized spacial score (nSPS) is 20.0. The molecule has 6 heteroatoms. The maximum atomic E-state index is 10.7. The average molecular weight is 299 g/mol. The Morgan fingerprint density at radius 1 is 1.50 bits per heavy atom. The topological polar surface area (TPSA) is 66.6 Å². The van der Waals surface area contributed by atoms with E-state index in [4.69, 9.17) is 16.7 Å². The van der Waals surface area contributed by atoms with Crippen LogP contribution in [0.2, 0.25) is 5.02 Å². The first-order chi connectivity index (χ1) is 9.60. The molecule has 1 N–H and O–H groups in total. The fraction of sp³-hybridized carbons (Fsp3) is 0.571. The Kier molecular flexibility index (Phi) is 5.34. The van der Waals surface area contributed by atoms with Crippen LogP contribution in [0.4, 0.5) is 5.69 Å². The van der Waals surface area contributed by atoms with Crippen LogP contribution in [0.3, 0.4) is 0 Å². The van der Waals surface area contributed by atoms with Gasteiger partial charge in [0.1, 0.15) is 0 Å². The number of non-ortho nitro benzene ring substituents is 1. The molecule has 1 unspecified atom stereocenters. The Balaban J connectivity index is 2.00. The largest absolute Gasteiger partial charge is 0.396 e. The lowest BCUT2D eigenvalue weighted by atomic mass is 9.95. The van der Waals surface area contributed by atoms with Crippen molar-refractivity contribution in [3.8, 4) is 0 Å². The maximum Gasteiger partial charge on any atom is 0.270 e. The number of piperidine rings is 1. The minimum Gasteiger partial charge on any atom is -0.396 e. The van der Waals surface area contributed by atoms with Gasteiger partial charge >= 0.3 is 0 Å². The van der Waals surface area contributed by atoms with Gasteiger partial charge in [0.05, 0.1) is 9.95 Å². The predicted octanol–water partition coefficient (Wildman–Crippen LogP) is 2.84. The highest BCUT2D eigenvalue weighted by Crippen LogP contribution is 2.26. The smallest absolute Gasteiger partial charge is 0.270 e. The lowest BCUT2D eigenvalue weighted by Crippen LogP contribution is -2.35. The third-order valence-electron chi connectivity index (χ3n) is 3.78. The molecule has 0 aliphatic carbocycles. The summed E-state index contributed by atoms with van der Waals surface area (Å²) in [6.07, 6.45) is 3.12. The van der Waals surface area contributed by atoms with Crippen molar-refractivity contribution in [2.45, 2.75) is 25.8 Å². The van der Waals surface area contributed by atoms with E-state index in [1.165, 1.54) is 12.1 Å². The van der Waals surface area contributed by atoms with Crippen molar-refractivity contribution in [2.75, 3.05) is 19.7 Å².